The molecule has 0 heterocycles. The van der Waals surface area contributed by atoms with Crippen molar-refractivity contribution in [2.45, 2.75) is 44.6 Å². The molecular formula is C12H23NO3. The molecular weight excluding hydrogens is 206 g/mol. The highest BCUT2D eigenvalue weighted by Crippen LogP contribution is 2.28. The Morgan fingerprint density at radius 2 is 2.19 bits per heavy atom. The number of hydrogen-bond donors (Lipinski definition) is 2. The molecule has 1 aliphatic carbocycles. The van der Waals surface area contributed by atoms with Crippen molar-refractivity contribution in [3.05, 3.63) is 0 Å². The molecule has 0 aromatic carbocycles. The number of carbonyl (C=O) groups excluding carboxylic acids is 1. The number of methoxy groups -OCH3 is 1. The zero-order chi connectivity index (χ0) is 11.8. The molecule has 0 radical (unpaired) electrons. The molecule has 1 aliphatic rings. The van der Waals surface area contributed by atoms with E-state index in [0.717, 1.165) is 12.3 Å². The first-order valence-electron chi connectivity index (χ1n) is 6.15. The summed E-state index contributed by atoms with van der Waals surface area (Å²) in [5.74, 6) is 0.767. The second kappa shape index (κ2) is 7.63. The van der Waals surface area contributed by atoms with Crippen molar-refractivity contribution in [2.24, 2.45) is 5.92 Å². The van der Waals surface area contributed by atoms with E-state index in [1.165, 1.54) is 25.7 Å². The van der Waals surface area contributed by atoms with Crippen molar-refractivity contribution in [3.63, 3.8) is 0 Å². The van der Waals surface area contributed by atoms with E-state index in [4.69, 9.17) is 9.84 Å². The number of nitrogens with one attached hydrogen (secondary N) is 1. The minimum Gasteiger partial charge on any atom is -0.394 e. The van der Waals surface area contributed by atoms with Crippen LogP contribution >= 0.6 is 0 Å². The van der Waals surface area contributed by atoms with E-state index >= 15 is 0 Å². The molecule has 16 heavy (non-hydrogen) atoms. The molecule has 0 aromatic rings. The first-order chi connectivity index (χ1) is 7.76. The third kappa shape index (κ3) is 4.94. The Morgan fingerprint density at radius 1 is 1.50 bits per heavy atom. The normalized spacial score (nSPS) is 18.6. The number of aliphatic hydroxyl groups is 1. The van der Waals surface area contributed by atoms with Crippen molar-refractivity contribution in [3.8, 4) is 0 Å². The molecule has 0 spiro atoms. The van der Waals surface area contributed by atoms with Crippen molar-refractivity contribution in [2.75, 3.05) is 20.3 Å². The lowest BCUT2D eigenvalue weighted by Crippen LogP contribution is -2.40. The molecule has 2 N–H and O–H groups in total. The maximum absolute atomic E-state index is 11.6. The minimum atomic E-state index is -0.263. The van der Waals surface area contributed by atoms with Gasteiger partial charge in [-0.15, -0.1) is 0 Å². The fourth-order valence-corrected chi connectivity index (χ4v) is 2.28. The van der Waals surface area contributed by atoms with Crippen LogP contribution in [-0.2, 0) is 9.53 Å². The smallest absolute Gasteiger partial charge is 0.220 e. The van der Waals surface area contributed by atoms with Gasteiger partial charge in [-0.1, -0.05) is 25.7 Å². The molecule has 1 rings (SSSR count). The third-order valence-corrected chi connectivity index (χ3v) is 3.21. The zero-order valence-corrected chi connectivity index (χ0v) is 10.1. The van der Waals surface area contributed by atoms with Gasteiger partial charge in [0.1, 0.15) is 0 Å². The average Bonchev–Trinajstić information content (AvgIpc) is 2.78. The van der Waals surface area contributed by atoms with Crippen LogP contribution in [0.2, 0.25) is 0 Å². The lowest BCUT2D eigenvalue weighted by molar-refractivity contribution is -0.122. The number of carbonyl (C=O) groups is 1. The number of amides is 1. The number of ether oxygens (including phenoxy) is 1. The first-order valence-corrected chi connectivity index (χ1v) is 6.15. The predicted octanol–water partition coefficient (Wildman–Crippen LogP) is 1.08. The van der Waals surface area contributed by atoms with E-state index in [2.05, 4.69) is 5.32 Å². The third-order valence-electron chi connectivity index (χ3n) is 3.21. The molecule has 0 aromatic heterocycles. The quantitative estimate of drug-likeness (QED) is 0.687. The Labute approximate surface area is 97.4 Å². The Bertz CT molecular complexity index is 202. The Balaban J connectivity index is 2.13. The van der Waals surface area contributed by atoms with Gasteiger partial charge in [0.15, 0.2) is 0 Å². The highest BCUT2D eigenvalue weighted by atomic mass is 16.5. The van der Waals surface area contributed by atoms with Crippen LogP contribution in [0.3, 0.4) is 0 Å². The van der Waals surface area contributed by atoms with E-state index < -0.39 is 0 Å². The molecule has 1 amide bonds. The highest BCUT2D eigenvalue weighted by molar-refractivity contribution is 5.76. The molecule has 4 heteroatoms. The maximum Gasteiger partial charge on any atom is 0.220 e. The highest BCUT2D eigenvalue weighted by Gasteiger charge is 2.17. The van der Waals surface area contributed by atoms with Gasteiger partial charge in [0.05, 0.1) is 19.3 Å². The molecule has 1 saturated carbocycles. The summed E-state index contributed by atoms with van der Waals surface area (Å²) in [4.78, 5) is 11.6. The van der Waals surface area contributed by atoms with Crippen LogP contribution in [0, 0.1) is 5.92 Å². The van der Waals surface area contributed by atoms with Gasteiger partial charge in [0.25, 0.3) is 0 Å². The summed E-state index contributed by atoms with van der Waals surface area (Å²) in [6.07, 6.45) is 6.73. The topological polar surface area (TPSA) is 58.6 Å². The molecule has 1 fully saturated rings. The van der Waals surface area contributed by atoms with Crippen LogP contribution in [0.5, 0.6) is 0 Å². The lowest BCUT2D eigenvalue weighted by atomic mass is 10.0. The van der Waals surface area contributed by atoms with E-state index in [1.807, 2.05) is 0 Å². The predicted molar refractivity (Wildman–Crippen MR) is 62.1 cm³/mol. The van der Waals surface area contributed by atoms with E-state index in [0.29, 0.717) is 13.0 Å². The summed E-state index contributed by atoms with van der Waals surface area (Å²) in [5.41, 5.74) is 0. The number of hydrogen-bond acceptors (Lipinski definition) is 3. The molecule has 94 valence electrons. The van der Waals surface area contributed by atoms with Gasteiger partial charge >= 0.3 is 0 Å². The van der Waals surface area contributed by atoms with Gasteiger partial charge in [0.2, 0.25) is 5.91 Å². The summed E-state index contributed by atoms with van der Waals surface area (Å²) in [6, 6.07) is -0.263. The maximum atomic E-state index is 11.6. The average molecular weight is 229 g/mol. The van der Waals surface area contributed by atoms with Crippen molar-refractivity contribution < 1.29 is 14.6 Å². The molecule has 0 saturated heterocycles. The van der Waals surface area contributed by atoms with Gasteiger partial charge in [0, 0.05) is 13.5 Å². The molecule has 4 nitrogen and oxygen atoms in total. The number of rotatable bonds is 7. The van der Waals surface area contributed by atoms with Gasteiger partial charge in [-0.3, -0.25) is 4.79 Å². The van der Waals surface area contributed by atoms with Gasteiger partial charge in [-0.25, -0.2) is 0 Å². The second-order valence-corrected chi connectivity index (χ2v) is 4.59. The summed E-state index contributed by atoms with van der Waals surface area (Å²) < 4.78 is 4.90. The zero-order valence-electron chi connectivity index (χ0n) is 10.1. The van der Waals surface area contributed by atoms with Crippen LogP contribution in [0.15, 0.2) is 0 Å². The van der Waals surface area contributed by atoms with Crippen molar-refractivity contribution in [1.82, 2.24) is 5.32 Å². The molecule has 0 bridgehead atoms. The standard InChI is InChI=1S/C12H23NO3/c1-16-9-11(8-14)13-12(15)7-6-10-4-2-3-5-10/h10-11,14H,2-9H2,1H3,(H,13,15). The molecule has 0 aliphatic heterocycles. The Hall–Kier alpha value is -0.610. The summed E-state index contributed by atoms with van der Waals surface area (Å²) in [7, 11) is 1.56. The second-order valence-electron chi connectivity index (χ2n) is 4.59. The first kappa shape index (κ1) is 13.5. The SMILES string of the molecule is COCC(CO)NC(=O)CCC1CCCC1. The van der Waals surface area contributed by atoms with Crippen LogP contribution < -0.4 is 5.32 Å². The largest absolute Gasteiger partial charge is 0.394 e. The van der Waals surface area contributed by atoms with Gasteiger partial charge in [-0.05, 0) is 12.3 Å². The van der Waals surface area contributed by atoms with Gasteiger partial charge < -0.3 is 15.2 Å². The fraction of sp³-hybridized carbons (Fsp3) is 0.917. The molecule has 1 unspecified atom stereocenters. The minimum absolute atomic E-state index is 0.0306. The summed E-state index contributed by atoms with van der Waals surface area (Å²) >= 11 is 0. The van der Waals surface area contributed by atoms with Crippen LogP contribution in [-0.4, -0.2) is 37.4 Å². The van der Waals surface area contributed by atoms with E-state index in [1.54, 1.807) is 7.11 Å². The van der Waals surface area contributed by atoms with Crippen molar-refractivity contribution >= 4 is 5.91 Å². The van der Waals surface area contributed by atoms with Crippen LogP contribution in [0.4, 0.5) is 0 Å². The Kier molecular flexibility index (Phi) is 6.42. The van der Waals surface area contributed by atoms with Gasteiger partial charge in [-0.2, -0.15) is 0 Å². The molecule has 1 atom stereocenters. The van der Waals surface area contributed by atoms with Crippen molar-refractivity contribution in [1.29, 1.82) is 0 Å². The van der Waals surface area contributed by atoms with E-state index in [9.17, 15) is 4.79 Å². The van der Waals surface area contributed by atoms with E-state index in [-0.39, 0.29) is 18.6 Å². The summed E-state index contributed by atoms with van der Waals surface area (Å²) in [6.45, 7) is 0.300. The lowest BCUT2D eigenvalue weighted by Gasteiger charge is -2.16. The Morgan fingerprint density at radius 3 is 2.75 bits per heavy atom. The monoisotopic (exact) mass is 229 g/mol. The van der Waals surface area contributed by atoms with Crippen LogP contribution in [0.1, 0.15) is 38.5 Å². The van der Waals surface area contributed by atoms with Crippen LogP contribution in [0.25, 0.3) is 0 Å². The number of aliphatic hydroxyl groups excluding tert-OH is 1. The fourth-order valence-electron chi connectivity index (χ4n) is 2.28. The summed E-state index contributed by atoms with van der Waals surface area (Å²) in [5, 5.41) is 11.8.